The van der Waals surface area contributed by atoms with Crippen LogP contribution in [0, 0.1) is 23.0 Å². The molecule has 3 atom stereocenters. The van der Waals surface area contributed by atoms with E-state index >= 15 is 22.0 Å². The van der Waals surface area contributed by atoms with Crippen LogP contribution in [0.3, 0.4) is 0 Å². The van der Waals surface area contributed by atoms with Gasteiger partial charge in [-0.15, -0.1) is 11.3 Å². The number of nitrogens with one attached hydrogen (secondary N) is 1. The summed E-state index contributed by atoms with van der Waals surface area (Å²) in [5.74, 6) is -2.59. The maximum absolute atomic E-state index is 18.0. The van der Waals surface area contributed by atoms with Crippen molar-refractivity contribution in [1.29, 1.82) is 5.26 Å². The highest BCUT2D eigenvalue weighted by Crippen LogP contribution is 2.54. The highest BCUT2D eigenvalue weighted by atomic mass is 32.1. The molecule has 20 heteroatoms. The maximum atomic E-state index is 18.0. The summed E-state index contributed by atoms with van der Waals surface area (Å²) < 4.78 is 127. The highest BCUT2D eigenvalue weighted by Gasteiger charge is 2.50. The van der Waals surface area contributed by atoms with Gasteiger partial charge in [0, 0.05) is 41.7 Å². The van der Waals surface area contributed by atoms with Crippen molar-refractivity contribution >= 4 is 60.9 Å². The van der Waals surface area contributed by atoms with Crippen molar-refractivity contribution in [2.24, 2.45) is 0 Å². The predicted molar refractivity (Wildman–Crippen MR) is 235 cm³/mol. The first kappa shape index (κ1) is 46.8. The van der Waals surface area contributed by atoms with Crippen molar-refractivity contribution < 1.29 is 54.5 Å². The van der Waals surface area contributed by atoms with E-state index in [1.54, 1.807) is 46.4 Å². The normalized spacial score (nSPS) is 21.2. The van der Waals surface area contributed by atoms with Gasteiger partial charge in [-0.25, -0.2) is 18.4 Å². The van der Waals surface area contributed by atoms with Gasteiger partial charge in [0.15, 0.2) is 5.82 Å². The number of piperazine rings is 1. The number of rotatable bonds is 6. The molecule has 4 aromatic rings. The van der Waals surface area contributed by atoms with E-state index in [1.807, 2.05) is 17.9 Å². The van der Waals surface area contributed by atoms with Crippen LogP contribution in [-0.2, 0) is 15.7 Å². The Bertz CT molecular complexity index is 2770. The zero-order valence-electron chi connectivity index (χ0n) is 37.4. The molecule has 0 spiro atoms. The molecule has 66 heavy (non-hydrogen) atoms. The number of fused-ring (bicyclic) bond motifs is 4. The van der Waals surface area contributed by atoms with Crippen molar-refractivity contribution in [2.75, 3.05) is 43.0 Å². The molecular weight excluding hydrogens is 896 g/mol. The van der Waals surface area contributed by atoms with Crippen LogP contribution in [0.2, 0.25) is 0 Å². The lowest BCUT2D eigenvalue weighted by Gasteiger charge is -2.46. The van der Waals surface area contributed by atoms with Crippen LogP contribution in [0.1, 0.15) is 97.3 Å². The molecule has 6 heterocycles. The molecule has 4 aliphatic rings. The summed E-state index contributed by atoms with van der Waals surface area (Å²) in [7, 11) is 0. The average Bonchev–Trinajstić information content (AvgIpc) is 3.87. The molecule has 8 rings (SSSR count). The molecule has 3 saturated heterocycles. The summed E-state index contributed by atoms with van der Waals surface area (Å²) in [4.78, 5) is 40.8. The summed E-state index contributed by atoms with van der Waals surface area (Å²) in [5, 5.41) is 11.9. The Kier molecular flexibility index (Phi) is 11.8. The molecule has 2 amide bonds. The van der Waals surface area contributed by atoms with E-state index in [2.05, 4.69) is 16.9 Å². The molecule has 3 fully saturated rings. The van der Waals surface area contributed by atoms with Crippen molar-refractivity contribution in [1.82, 2.24) is 19.8 Å². The third-order valence-electron chi connectivity index (χ3n) is 12.4. The van der Waals surface area contributed by atoms with E-state index in [9.17, 15) is 23.6 Å². The number of carbonyl (C=O) groups is 2. The van der Waals surface area contributed by atoms with Gasteiger partial charge in [-0.2, -0.15) is 37.2 Å². The fraction of sp³-hybridized carbons (Fsp3) is 0.500. The maximum Gasteiger partial charge on any atom is 0.417 e. The van der Waals surface area contributed by atoms with Gasteiger partial charge >= 0.3 is 24.4 Å². The second kappa shape index (κ2) is 16.6. The lowest BCUT2D eigenvalue weighted by molar-refractivity contribution is -0.137. The van der Waals surface area contributed by atoms with Crippen LogP contribution in [0.15, 0.2) is 30.4 Å². The number of thiophene rings is 1. The van der Waals surface area contributed by atoms with E-state index in [4.69, 9.17) is 19.2 Å². The number of nitrogens with zero attached hydrogens (tertiary/aromatic N) is 6. The number of carbonyl (C=O) groups excluding carboxylic acids is 2. The largest absolute Gasteiger partial charge is 0.461 e. The van der Waals surface area contributed by atoms with Crippen LogP contribution in [-0.4, -0.2) is 93.6 Å². The van der Waals surface area contributed by atoms with Crippen molar-refractivity contribution in [3.63, 3.8) is 0 Å². The van der Waals surface area contributed by atoms with Gasteiger partial charge in [0.2, 0.25) is 0 Å². The summed E-state index contributed by atoms with van der Waals surface area (Å²) in [6, 6.07) is 1.87. The summed E-state index contributed by atoms with van der Waals surface area (Å²) in [5.41, 5.74) is -7.59. The number of halogens is 7. The van der Waals surface area contributed by atoms with Crippen LogP contribution >= 0.6 is 11.3 Å². The molecule has 12 nitrogen and oxygen atoms in total. The number of anilines is 2. The second-order valence-electron chi connectivity index (χ2n) is 19.2. The number of ether oxygens (including phenoxy) is 3. The Morgan fingerprint density at radius 1 is 1.03 bits per heavy atom. The predicted octanol–water partition coefficient (Wildman–Crippen LogP) is 11.4. The summed E-state index contributed by atoms with van der Waals surface area (Å²) in [6.07, 6.45) is -7.41. The third-order valence-corrected chi connectivity index (χ3v) is 13.5. The van der Waals surface area contributed by atoms with Crippen LogP contribution in [0.25, 0.3) is 37.7 Å². The molecule has 352 valence electrons. The summed E-state index contributed by atoms with van der Waals surface area (Å²) >= 11 is 0.560. The van der Waals surface area contributed by atoms with Crippen LogP contribution in [0.5, 0.6) is 6.01 Å². The first-order valence-corrected chi connectivity index (χ1v) is 22.3. The summed E-state index contributed by atoms with van der Waals surface area (Å²) in [6.45, 7) is 16.1. The van der Waals surface area contributed by atoms with Gasteiger partial charge < -0.3 is 24.0 Å². The molecule has 4 aliphatic heterocycles. The molecule has 0 saturated carbocycles. The number of amides is 2. The fourth-order valence-electron chi connectivity index (χ4n) is 9.76. The number of nitriles is 1. The SMILES string of the molecule is C=C1C[C@@H]2CN(C(=O)OC(C)(C)C)[C@H](CC)CN2c2nc(OC[C@@]34CCCN3CC(=C(F)F)C4)nc3c(F)c(-c4ccc(F)c5sc(NC(=O)OC(C)(C)C)c(C#N)c45)c(C(F)(F)F)c1c23. The third kappa shape index (κ3) is 8.37. The van der Waals surface area contributed by atoms with Crippen LogP contribution in [0.4, 0.5) is 51.1 Å². The topological polar surface area (TPSA) is 133 Å². The number of benzene rings is 2. The number of hydrogen-bond donors (Lipinski definition) is 1. The van der Waals surface area contributed by atoms with E-state index in [0.29, 0.717) is 37.1 Å². The Hall–Kier alpha value is -5.68. The smallest absolute Gasteiger partial charge is 0.417 e. The van der Waals surface area contributed by atoms with E-state index < -0.39 is 110 Å². The van der Waals surface area contributed by atoms with Gasteiger partial charge in [-0.3, -0.25) is 10.2 Å². The van der Waals surface area contributed by atoms with Gasteiger partial charge in [0.25, 0.3) is 6.08 Å². The minimum absolute atomic E-state index is 0.00667. The molecular formula is C46H48F7N7O5S. The first-order chi connectivity index (χ1) is 30.8. The molecule has 1 N–H and O–H groups in total. The minimum atomic E-state index is -5.33. The number of hydrogen-bond acceptors (Lipinski definition) is 11. The number of aromatic nitrogens is 2. The van der Waals surface area contributed by atoms with Gasteiger partial charge in [-0.05, 0) is 97.4 Å². The quantitative estimate of drug-likeness (QED) is 0.186. The number of alkyl halides is 3. The second-order valence-corrected chi connectivity index (χ2v) is 20.2. The average molecular weight is 944 g/mol. The standard InChI is InChI=1S/C46H48F7N7O5S/c1-9-24-19-59-25(20-60(24)42(62)65-44(6,7)8)15-22(2)29-32-35(55-40(56-38(32)59)63-21-45-13-10-14-58(45)18-23(16-45)37(49)50)34(48)31(33(29)46(51,52)53)26-11-12-28(47)36-30(26)27(17-54)39(66-36)57-41(61)64-43(3,4)5/h11-12,24-25H,2,9-10,13-16,18-21H2,1,3-8H3,(H,57,61)/t24-,25-,45+/m1/s1. The Balaban J connectivity index is 1.38. The van der Waals surface area contributed by atoms with Crippen molar-refractivity contribution in [3.8, 4) is 23.2 Å². The lowest BCUT2D eigenvalue weighted by atomic mass is 9.85. The van der Waals surface area contributed by atoms with E-state index in [1.165, 1.54) is 4.90 Å². The van der Waals surface area contributed by atoms with E-state index in [0.717, 1.165) is 12.1 Å². The molecule has 0 bridgehead atoms. The molecule has 2 aromatic carbocycles. The van der Waals surface area contributed by atoms with E-state index in [-0.39, 0.29) is 71.1 Å². The minimum Gasteiger partial charge on any atom is -0.461 e. The molecule has 2 aromatic heterocycles. The van der Waals surface area contributed by atoms with Crippen molar-refractivity contribution in [3.05, 3.63) is 58.7 Å². The lowest BCUT2D eigenvalue weighted by Crippen LogP contribution is -2.60. The van der Waals surface area contributed by atoms with Crippen molar-refractivity contribution in [2.45, 2.75) is 116 Å². The van der Waals surface area contributed by atoms with Gasteiger partial charge in [-0.1, -0.05) is 19.6 Å². The highest BCUT2D eigenvalue weighted by molar-refractivity contribution is 7.23. The molecule has 0 aliphatic carbocycles. The molecule has 0 radical (unpaired) electrons. The monoisotopic (exact) mass is 943 g/mol. The van der Waals surface area contributed by atoms with Gasteiger partial charge in [0.1, 0.15) is 46.0 Å². The zero-order chi connectivity index (χ0) is 48.0. The Morgan fingerprint density at radius 3 is 2.38 bits per heavy atom. The fourth-order valence-corrected chi connectivity index (χ4v) is 10.8. The Morgan fingerprint density at radius 2 is 1.74 bits per heavy atom. The molecule has 0 unspecified atom stereocenters. The zero-order valence-corrected chi connectivity index (χ0v) is 38.2. The first-order valence-electron chi connectivity index (χ1n) is 21.5. The van der Waals surface area contributed by atoms with Gasteiger partial charge in [0.05, 0.1) is 38.8 Å². The van der Waals surface area contributed by atoms with Crippen LogP contribution < -0.4 is 15.0 Å². The Labute approximate surface area is 380 Å².